The Hall–Kier alpha value is -2.61. The number of halogens is 2. The van der Waals surface area contributed by atoms with Crippen molar-refractivity contribution in [3.8, 4) is 5.69 Å². The molecule has 0 spiro atoms. The SMILES string of the molecule is Cc1cc(=O)c(C(=O)NC2CCN(CC(F)F)CC2)nn1-c1ccccc1. The predicted molar refractivity (Wildman–Crippen MR) is 97.5 cm³/mol. The van der Waals surface area contributed by atoms with Crippen molar-refractivity contribution in [2.75, 3.05) is 19.6 Å². The number of nitrogens with zero attached hydrogens (tertiary/aromatic N) is 3. The molecule has 144 valence electrons. The normalized spacial score (nSPS) is 15.9. The molecular weight excluding hydrogens is 354 g/mol. The van der Waals surface area contributed by atoms with Gasteiger partial charge in [-0.1, -0.05) is 18.2 Å². The monoisotopic (exact) mass is 376 g/mol. The van der Waals surface area contributed by atoms with E-state index in [4.69, 9.17) is 0 Å². The zero-order chi connectivity index (χ0) is 19.4. The summed E-state index contributed by atoms with van der Waals surface area (Å²) in [6.45, 7) is 2.49. The topological polar surface area (TPSA) is 67.2 Å². The van der Waals surface area contributed by atoms with Crippen LogP contribution in [0.25, 0.3) is 5.69 Å². The van der Waals surface area contributed by atoms with Gasteiger partial charge in [0.25, 0.3) is 12.3 Å². The van der Waals surface area contributed by atoms with E-state index >= 15 is 0 Å². The van der Waals surface area contributed by atoms with E-state index in [0.717, 1.165) is 5.69 Å². The predicted octanol–water partition coefficient (Wildman–Crippen LogP) is 2.00. The summed E-state index contributed by atoms with van der Waals surface area (Å²) >= 11 is 0. The molecule has 1 amide bonds. The zero-order valence-corrected chi connectivity index (χ0v) is 15.1. The van der Waals surface area contributed by atoms with Crippen LogP contribution >= 0.6 is 0 Å². The van der Waals surface area contributed by atoms with Gasteiger partial charge in [-0.3, -0.25) is 14.5 Å². The van der Waals surface area contributed by atoms with E-state index in [-0.39, 0.29) is 18.3 Å². The number of benzene rings is 1. The van der Waals surface area contributed by atoms with Gasteiger partial charge in [-0.2, -0.15) is 5.10 Å². The minimum atomic E-state index is -2.36. The van der Waals surface area contributed by atoms with Gasteiger partial charge < -0.3 is 5.32 Å². The van der Waals surface area contributed by atoms with Gasteiger partial charge in [0.2, 0.25) is 5.43 Å². The molecule has 2 aromatic rings. The molecule has 6 nitrogen and oxygen atoms in total. The maximum Gasteiger partial charge on any atom is 0.276 e. The van der Waals surface area contributed by atoms with Crippen LogP contribution in [0, 0.1) is 6.92 Å². The van der Waals surface area contributed by atoms with E-state index in [0.29, 0.717) is 31.6 Å². The maximum absolute atomic E-state index is 12.6. The van der Waals surface area contributed by atoms with Crippen LogP contribution in [0.4, 0.5) is 8.78 Å². The molecule has 1 N–H and O–H groups in total. The molecule has 0 aliphatic carbocycles. The average molecular weight is 376 g/mol. The fraction of sp³-hybridized carbons (Fsp3) is 0.421. The van der Waals surface area contributed by atoms with E-state index in [2.05, 4.69) is 10.4 Å². The lowest BCUT2D eigenvalue weighted by Crippen LogP contribution is -2.46. The summed E-state index contributed by atoms with van der Waals surface area (Å²) < 4.78 is 26.4. The summed E-state index contributed by atoms with van der Waals surface area (Å²) in [6.07, 6.45) is -1.22. The van der Waals surface area contributed by atoms with Gasteiger partial charge in [-0.25, -0.2) is 13.5 Å². The lowest BCUT2D eigenvalue weighted by Gasteiger charge is -2.31. The second-order valence-electron chi connectivity index (χ2n) is 6.69. The number of aromatic nitrogens is 2. The molecule has 8 heteroatoms. The Kier molecular flexibility index (Phi) is 5.95. The second-order valence-corrected chi connectivity index (χ2v) is 6.69. The van der Waals surface area contributed by atoms with E-state index in [1.54, 1.807) is 16.5 Å². The third-order valence-corrected chi connectivity index (χ3v) is 4.64. The highest BCUT2D eigenvalue weighted by atomic mass is 19.3. The van der Waals surface area contributed by atoms with E-state index < -0.39 is 17.8 Å². The number of nitrogens with one attached hydrogen (secondary N) is 1. The Bertz CT molecular complexity index is 847. The number of carbonyl (C=O) groups excluding carboxylic acids is 1. The molecular formula is C19H22F2N4O2. The van der Waals surface area contributed by atoms with Crippen molar-refractivity contribution >= 4 is 5.91 Å². The first-order valence-corrected chi connectivity index (χ1v) is 8.92. The standard InChI is InChI=1S/C19H22F2N4O2/c1-13-11-16(26)18(23-25(13)15-5-3-2-4-6-15)19(27)22-14-7-9-24(10-8-14)12-17(20)21/h2-6,11,14,17H,7-10,12H2,1H3,(H,22,27). The average Bonchev–Trinajstić information content (AvgIpc) is 2.63. The van der Waals surface area contributed by atoms with Crippen LogP contribution in [-0.2, 0) is 0 Å². The number of carbonyl (C=O) groups is 1. The Balaban J connectivity index is 1.71. The zero-order valence-electron chi connectivity index (χ0n) is 15.1. The molecule has 1 fully saturated rings. The van der Waals surface area contributed by atoms with Gasteiger partial charge in [0.1, 0.15) is 0 Å². The number of piperidine rings is 1. The molecule has 2 heterocycles. The number of rotatable bonds is 5. The van der Waals surface area contributed by atoms with E-state index in [1.807, 2.05) is 30.3 Å². The molecule has 0 saturated carbocycles. The Morgan fingerprint density at radius 1 is 1.26 bits per heavy atom. The number of hydrogen-bond donors (Lipinski definition) is 1. The van der Waals surface area contributed by atoms with Gasteiger partial charge in [0.05, 0.1) is 12.2 Å². The lowest BCUT2D eigenvalue weighted by molar-refractivity contribution is 0.0694. The number of aryl methyl sites for hydroxylation is 1. The van der Waals surface area contributed by atoms with Crippen molar-refractivity contribution in [2.24, 2.45) is 0 Å². The third-order valence-electron chi connectivity index (χ3n) is 4.64. The van der Waals surface area contributed by atoms with Crippen LogP contribution in [0.15, 0.2) is 41.2 Å². The van der Waals surface area contributed by atoms with Crippen molar-refractivity contribution in [1.29, 1.82) is 0 Å². The summed E-state index contributed by atoms with van der Waals surface area (Å²) in [5, 5.41) is 7.06. The number of likely N-dealkylation sites (tertiary alicyclic amines) is 1. The second kappa shape index (κ2) is 8.39. The summed E-state index contributed by atoms with van der Waals surface area (Å²) in [5.41, 5.74) is 0.777. The summed E-state index contributed by atoms with van der Waals surface area (Å²) in [6, 6.07) is 10.5. The Labute approximate surface area is 155 Å². The highest BCUT2D eigenvalue weighted by Gasteiger charge is 2.24. The minimum Gasteiger partial charge on any atom is -0.348 e. The van der Waals surface area contributed by atoms with Gasteiger partial charge in [0, 0.05) is 30.9 Å². The van der Waals surface area contributed by atoms with Crippen molar-refractivity contribution in [1.82, 2.24) is 20.0 Å². The van der Waals surface area contributed by atoms with Crippen molar-refractivity contribution in [3.05, 3.63) is 58.0 Å². The molecule has 3 rings (SSSR count). The summed E-state index contributed by atoms with van der Waals surface area (Å²) in [4.78, 5) is 26.5. The highest BCUT2D eigenvalue weighted by molar-refractivity contribution is 5.92. The molecule has 0 radical (unpaired) electrons. The molecule has 1 aromatic heterocycles. The maximum atomic E-state index is 12.6. The fourth-order valence-electron chi connectivity index (χ4n) is 3.24. The van der Waals surface area contributed by atoms with Crippen LogP contribution in [0.5, 0.6) is 0 Å². The smallest absolute Gasteiger partial charge is 0.276 e. The Morgan fingerprint density at radius 3 is 2.56 bits per heavy atom. The molecule has 1 saturated heterocycles. The van der Waals surface area contributed by atoms with Crippen LogP contribution < -0.4 is 10.7 Å². The van der Waals surface area contributed by atoms with Crippen LogP contribution in [0.1, 0.15) is 29.0 Å². The molecule has 27 heavy (non-hydrogen) atoms. The number of para-hydroxylation sites is 1. The van der Waals surface area contributed by atoms with Crippen molar-refractivity contribution in [2.45, 2.75) is 32.2 Å². The summed E-state index contributed by atoms with van der Waals surface area (Å²) in [7, 11) is 0. The van der Waals surface area contributed by atoms with Crippen LogP contribution in [0.3, 0.4) is 0 Å². The van der Waals surface area contributed by atoms with Crippen LogP contribution in [-0.4, -0.2) is 52.7 Å². The third kappa shape index (κ3) is 4.77. The van der Waals surface area contributed by atoms with Crippen molar-refractivity contribution < 1.29 is 13.6 Å². The molecule has 1 aliphatic rings. The number of amides is 1. The molecule has 1 aliphatic heterocycles. The first kappa shape index (κ1) is 19.2. The van der Waals surface area contributed by atoms with E-state index in [9.17, 15) is 18.4 Å². The first-order chi connectivity index (χ1) is 12.9. The molecule has 0 unspecified atom stereocenters. The molecule has 0 bridgehead atoms. The molecule has 0 atom stereocenters. The van der Waals surface area contributed by atoms with Gasteiger partial charge >= 0.3 is 0 Å². The van der Waals surface area contributed by atoms with E-state index in [1.165, 1.54) is 6.07 Å². The fourth-order valence-corrected chi connectivity index (χ4v) is 3.24. The lowest BCUT2D eigenvalue weighted by atomic mass is 10.0. The summed E-state index contributed by atoms with van der Waals surface area (Å²) in [5.74, 6) is -0.531. The number of alkyl halides is 2. The Morgan fingerprint density at radius 2 is 1.93 bits per heavy atom. The largest absolute Gasteiger partial charge is 0.348 e. The van der Waals surface area contributed by atoms with Gasteiger partial charge in [-0.05, 0) is 31.9 Å². The minimum absolute atomic E-state index is 0.154. The van der Waals surface area contributed by atoms with Gasteiger partial charge in [-0.15, -0.1) is 0 Å². The molecule has 1 aromatic carbocycles. The van der Waals surface area contributed by atoms with Crippen molar-refractivity contribution in [3.63, 3.8) is 0 Å². The highest BCUT2D eigenvalue weighted by Crippen LogP contribution is 2.13. The van der Waals surface area contributed by atoms with Gasteiger partial charge in [0.15, 0.2) is 5.69 Å². The quantitative estimate of drug-likeness (QED) is 0.867. The first-order valence-electron chi connectivity index (χ1n) is 8.92. The van der Waals surface area contributed by atoms with Crippen LogP contribution in [0.2, 0.25) is 0 Å². The number of hydrogen-bond acceptors (Lipinski definition) is 4.